The van der Waals surface area contributed by atoms with E-state index in [0.717, 1.165) is 36.1 Å². The Morgan fingerprint density at radius 2 is 1.84 bits per heavy atom. The van der Waals surface area contributed by atoms with Crippen LogP contribution in [-0.4, -0.2) is 63.4 Å². The predicted octanol–water partition coefficient (Wildman–Crippen LogP) is 3.43. The maximum Gasteiger partial charge on any atom is 0.243 e. The second-order valence-corrected chi connectivity index (χ2v) is 10.3. The van der Waals surface area contributed by atoms with Crippen LogP contribution < -0.4 is 10.1 Å². The molecule has 1 amide bonds. The Morgan fingerprint density at radius 1 is 1.09 bits per heavy atom. The lowest BCUT2D eigenvalue weighted by molar-refractivity contribution is -0.117. The Labute approximate surface area is 191 Å². The highest BCUT2D eigenvalue weighted by atomic mass is 32.2. The molecule has 3 rings (SSSR count). The summed E-state index contributed by atoms with van der Waals surface area (Å²) in [6.45, 7) is 6.20. The number of rotatable bonds is 9. The van der Waals surface area contributed by atoms with Crippen molar-refractivity contribution >= 4 is 21.6 Å². The summed E-state index contributed by atoms with van der Waals surface area (Å²) in [4.78, 5) is 14.7. The van der Waals surface area contributed by atoms with Crippen LogP contribution in [0, 0.1) is 13.8 Å². The number of sulfonamides is 1. The third-order valence-corrected chi connectivity index (χ3v) is 7.48. The van der Waals surface area contributed by atoms with E-state index in [-0.39, 0.29) is 17.3 Å². The molecular formula is C24H33N3O4S. The molecule has 0 spiro atoms. The molecule has 1 saturated heterocycles. The SMILES string of the molecule is Cc1cccc(OCCN(C)CC(=O)Nc2cc(S(=O)(=O)N3CCCCC3)ccc2C)c1. The second-order valence-electron chi connectivity index (χ2n) is 8.39. The highest BCUT2D eigenvalue weighted by molar-refractivity contribution is 7.89. The molecule has 0 atom stereocenters. The maximum absolute atomic E-state index is 13.0. The summed E-state index contributed by atoms with van der Waals surface area (Å²) in [7, 11) is -1.70. The van der Waals surface area contributed by atoms with Crippen molar-refractivity contribution in [2.75, 3.05) is 45.2 Å². The summed E-state index contributed by atoms with van der Waals surface area (Å²) in [5.41, 5.74) is 2.48. The number of carbonyl (C=O) groups is 1. The van der Waals surface area contributed by atoms with E-state index in [1.807, 2.05) is 50.1 Å². The Morgan fingerprint density at radius 3 is 2.56 bits per heavy atom. The Bertz CT molecular complexity index is 1030. The first-order chi connectivity index (χ1) is 15.3. The Kier molecular flexibility index (Phi) is 8.28. The van der Waals surface area contributed by atoms with E-state index in [0.29, 0.717) is 31.9 Å². The number of hydrogen-bond donors (Lipinski definition) is 1. The summed E-state index contributed by atoms with van der Waals surface area (Å²) >= 11 is 0. The van der Waals surface area contributed by atoms with E-state index in [1.54, 1.807) is 18.2 Å². The average Bonchev–Trinajstić information content (AvgIpc) is 2.76. The van der Waals surface area contributed by atoms with Crippen LogP contribution in [0.1, 0.15) is 30.4 Å². The van der Waals surface area contributed by atoms with E-state index >= 15 is 0 Å². The minimum atomic E-state index is -3.55. The van der Waals surface area contributed by atoms with E-state index in [2.05, 4.69) is 5.32 Å². The van der Waals surface area contributed by atoms with Gasteiger partial charge >= 0.3 is 0 Å². The number of anilines is 1. The minimum absolute atomic E-state index is 0.180. The van der Waals surface area contributed by atoms with Crippen LogP contribution in [0.25, 0.3) is 0 Å². The van der Waals surface area contributed by atoms with Crippen LogP contribution in [0.5, 0.6) is 5.75 Å². The number of carbonyl (C=O) groups excluding carboxylic acids is 1. The van der Waals surface area contributed by atoms with Crippen molar-refractivity contribution in [3.05, 3.63) is 53.6 Å². The molecule has 0 bridgehead atoms. The molecule has 8 heteroatoms. The second kappa shape index (κ2) is 10.9. The number of amides is 1. The van der Waals surface area contributed by atoms with Crippen molar-refractivity contribution in [2.24, 2.45) is 0 Å². The van der Waals surface area contributed by atoms with Crippen LogP contribution in [0.2, 0.25) is 0 Å². The zero-order valence-corrected chi connectivity index (χ0v) is 20.0. The van der Waals surface area contributed by atoms with Gasteiger partial charge in [0.2, 0.25) is 15.9 Å². The molecule has 1 aliphatic rings. The number of benzene rings is 2. The van der Waals surface area contributed by atoms with Crippen LogP contribution in [-0.2, 0) is 14.8 Å². The normalized spacial score (nSPS) is 15.0. The van der Waals surface area contributed by atoms with Crippen molar-refractivity contribution in [1.29, 1.82) is 0 Å². The molecule has 1 fully saturated rings. The number of piperidine rings is 1. The van der Waals surface area contributed by atoms with Crippen molar-refractivity contribution in [3.8, 4) is 5.75 Å². The topological polar surface area (TPSA) is 79.0 Å². The zero-order chi connectivity index (χ0) is 23.1. The Balaban J connectivity index is 1.55. The fourth-order valence-electron chi connectivity index (χ4n) is 3.69. The third-order valence-electron chi connectivity index (χ3n) is 5.58. The molecule has 0 aliphatic carbocycles. The van der Waals surface area contributed by atoms with Gasteiger partial charge in [0.25, 0.3) is 0 Å². The monoisotopic (exact) mass is 459 g/mol. The number of nitrogens with one attached hydrogen (secondary N) is 1. The standard InChI is InChI=1S/C24H33N3O4S/c1-19-8-7-9-21(16-19)31-15-14-26(3)18-24(28)25-23-17-22(11-10-20(23)2)32(29,30)27-12-5-4-6-13-27/h7-11,16-17H,4-6,12-15,18H2,1-3H3,(H,25,28). The molecule has 1 aliphatic heterocycles. The lowest BCUT2D eigenvalue weighted by Crippen LogP contribution is -2.35. The summed E-state index contributed by atoms with van der Waals surface area (Å²) in [6, 6.07) is 12.8. The zero-order valence-electron chi connectivity index (χ0n) is 19.1. The van der Waals surface area contributed by atoms with Gasteiger partial charge < -0.3 is 10.1 Å². The first-order valence-electron chi connectivity index (χ1n) is 11.0. The van der Waals surface area contributed by atoms with Gasteiger partial charge in [-0.05, 0) is 69.1 Å². The number of ether oxygens (including phenoxy) is 1. The van der Waals surface area contributed by atoms with Gasteiger partial charge in [-0.3, -0.25) is 9.69 Å². The molecule has 32 heavy (non-hydrogen) atoms. The molecule has 2 aromatic rings. The smallest absolute Gasteiger partial charge is 0.243 e. The van der Waals surface area contributed by atoms with Crippen LogP contribution >= 0.6 is 0 Å². The highest BCUT2D eigenvalue weighted by Gasteiger charge is 2.26. The molecule has 0 saturated carbocycles. The van der Waals surface area contributed by atoms with Crippen molar-refractivity contribution < 1.29 is 17.9 Å². The summed E-state index contributed by atoms with van der Waals surface area (Å²) in [5.74, 6) is 0.615. The summed E-state index contributed by atoms with van der Waals surface area (Å²) < 4.78 is 33.2. The first kappa shape index (κ1) is 24.2. The molecular weight excluding hydrogens is 426 g/mol. The van der Waals surface area contributed by atoms with Gasteiger partial charge in [0.1, 0.15) is 12.4 Å². The van der Waals surface area contributed by atoms with Gasteiger partial charge in [0, 0.05) is 25.3 Å². The van der Waals surface area contributed by atoms with Gasteiger partial charge in [-0.1, -0.05) is 24.6 Å². The van der Waals surface area contributed by atoms with Crippen LogP contribution in [0.3, 0.4) is 0 Å². The summed E-state index contributed by atoms with van der Waals surface area (Å²) in [6.07, 6.45) is 2.83. The van der Waals surface area contributed by atoms with Gasteiger partial charge in [0.05, 0.1) is 11.4 Å². The molecule has 0 unspecified atom stereocenters. The van der Waals surface area contributed by atoms with E-state index < -0.39 is 10.0 Å². The summed E-state index contributed by atoms with van der Waals surface area (Å²) in [5, 5.41) is 2.87. The first-order valence-corrected chi connectivity index (χ1v) is 12.5. The minimum Gasteiger partial charge on any atom is -0.492 e. The van der Waals surface area contributed by atoms with Crippen molar-refractivity contribution in [1.82, 2.24) is 9.21 Å². The number of likely N-dealkylation sites (N-methyl/N-ethyl adjacent to an activating group) is 1. The molecule has 0 aromatic heterocycles. The lowest BCUT2D eigenvalue weighted by Gasteiger charge is -2.26. The van der Waals surface area contributed by atoms with Gasteiger partial charge in [-0.2, -0.15) is 4.31 Å². The third kappa shape index (κ3) is 6.54. The quantitative estimate of drug-likeness (QED) is 0.622. The largest absolute Gasteiger partial charge is 0.492 e. The number of nitrogens with zero attached hydrogens (tertiary/aromatic N) is 2. The molecule has 1 heterocycles. The van der Waals surface area contributed by atoms with Crippen LogP contribution in [0.4, 0.5) is 5.69 Å². The number of aryl methyl sites for hydroxylation is 2. The lowest BCUT2D eigenvalue weighted by atomic mass is 10.2. The van der Waals surface area contributed by atoms with Crippen molar-refractivity contribution in [3.63, 3.8) is 0 Å². The predicted molar refractivity (Wildman–Crippen MR) is 127 cm³/mol. The molecule has 1 N–H and O–H groups in total. The molecule has 174 valence electrons. The van der Waals surface area contributed by atoms with Gasteiger partial charge in [0.15, 0.2) is 0 Å². The number of hydrogen-bond acceptors (Lipinski definition) is 5. The molecule has 2 aromatic carbocycles. The van der Waals surface area contributed by atoms with Crippen LogP contribution in [0.15, 0.2) is 47.4 Å². The van der Waals surface area contributed by atoms with Gasteiger partial charge in [-0.15, -0.1) is 0 Å². The van der Waals surface area contributed by atoms with E-state index in [4.69, 9.17) is 4.74 Å². The molecule has 0 radical (unpaired) electrons. The fraction of sp³-hybridized carbons (Fsp3) is 0.458. The van der Waals surface area contributed by atoms with E-state index in [1.165, 1.54) is 4.31 Å². The Hall–Kier alpha value is -2.42. The fourth-order valence-corrected chi connectivity index (χ4v) is 5.23. The average molecular weight is 460 g/mol. The molecule has 7 nitrogen and oxygen atoms in total. The maximum atomic E-state index is 13.0. The highest BCUT2D eigenvalue weighted by Crippen LogP contribution is 2.25. The van der Waals surface area contributed by atoms with Gasteiger partial charge in [-0.25, -0.2) is 8.42 Å². The van der Waals surface area contributed by atoms with Crippen molar-refractivity contribution in [2.45, 2.75) is 38.0 Å². The van der Waals surface area contributed by atoms with E-state index in [9.17, 15) is 13.2 Å².